The van der Waals surface area contributed by atoms with Crippen LogP contribution in [0.4, 0.5) is 0 Å². The topological polar surface area (TPSA) is 78.0 Å². The van der Waals surface area contributed by atoms with Gasteiger partial charge in [0.05, 0.1) is 12.8 Å². The number of hydrazone groups is 1. The number of aromatic nitrogens is 1. The number of nitrogens with one attached hydrogen (secondary N) is 1. The maximum absolute atomic E-state index is 13.3. The van der Waals surface area contributed by atoms with E-state index in [0.29, 0.717) is 19.6 Å². The van der Waals surface area contributed by atoms with E-state index in [1.54, 1.807) is 11.1 Å². The second-order valence-corrected chi connectivity index (χ2v) is 8.85. The number of hydrogen-bond donors (Lipinski definition) is 1. The number of piperazine rings is 1. The number of para-hydroxylation sites is 1. The van der Waals surface area contributed by atoms with Crippen molar-refractivity contribution in [3.8, 4) is 5.75 Å². The first-order chi connectivity index (χ1) is 17.2. The average Bonchev–Trinajstić information content (AvgIpc) is 3.27. The summed E-state index contributed by atoms with van der Waals surface area (Å²) in [5.74, 6) is 0.503. The highest BCUT2D eigenvalue weighted by Gasteiger charge is 2.43. The Hall–Kier alpha value is -4.39. The Morgan fingerprint density at radius 2 is 1.71 bits per heavy atom. The Bertz CT molecular complexity index is 1430. The lowest BCUT2D eigenvalue weighted by molar-refractivity contribution is -0.157. The molecule has 1 unspecified atom stereocenters. The van der Waals surface area contributed by atoms with E-state index in [1.807, 2.05) is 72.8 Å². The molecule has 7 nitrogen and oxygen atoms in total. The third-order valence-corrected chi connectivity index (χ3v) is 6.62. The third kappa shape index (κ3) is 4.05. The van der Waals surface area contributed by atoms with Crippen LogP contribution in [0, 0.1) is 0 Å². The maximum atomic E-state index is 13.3. The van der Waals surface area contributed by atoms with Crippen molar-refractivity contribution in [2.24, 2.45) is 5.10 Å². The lowest BCUT2D eigenvalue weighted by atomic mass is 9.94. The SMILES string of the molecule is O=C1C2Cc3c([nH]c4ccccc34)CN2C(=O)CN1N=Cc1ccc(OCc2ccccc2)cc1. The molecule has 35 heavy (non-hydrogen) atoms. The van der Waals surface area contributed by atoms with Crippen LogP contribution in [0.3, 0.4) is 0 Å². The Labute approximate surface area is 202 Å². The fourth-order valence-electron chi connectivity index (χ4n) is 4.78. The van der Waals surface area contributed by atoms with Crippen molar-refractivity contribution < 1.29 is 14.3 Å². The van der Waals surface area contributed by atoms with Crippen LogP contribution in [0.25, 0.3) is 10.9 Å². The van der Waals surface area contributed by atoms with Gasteiger partial charge in [0.1, 0.15) is 24.9 Å². The van der Waals surface area contributed by atoms with Crippen molar-refractivity contribution in [1.29, 1.82) is 0 Å². The van der Waals surface area contributed by atoms with Crippen LogP contribution in [0.5, 0.6) is 5.75 Å². The molecule has 0 aliphatic carbocycles. The molecule has 1 saturated heterocycles. The van der Waals surface area contributed by atoms with Crippen LogP contribution in [-0.4, -0.2) is 45.5 Å². The molecule has 2 aliphatic heterocycles. The van der Waals surface area contributed by atoms with Gasteiger partial charge in [-0.15, -0.1) is 0 Å². The summed E-state index contributed by atoms with van der Waals surface area (Å²) in [6.07, 6.45) is 2.10. The van der Waals surface area contributed by atoms with Crippen LogP contribution in [0.15, 0.2) is 84.0 Å². The minimum atomic E-state index is -0.533. The maximum Gasteiger partial charge on any atom is 0.266 e. The summed E-state index contributed by atoms with van der Waals surface area (Å²) in [6, 6.07) is 25.0. The van der Waals surface area contributed by atoms with Gasteiger partial charge < -0.3 is 14.6 Å². The van der Waals surface area contributed by atoms with Gasteiger partial charge in [0.2, 0.25) is 5.91 Å². The molecule has 2 aliphatic rings. The molecule has 6 rings (SSSR count). The molecule has 1 N–H and O–H groups in total. The monoisotopic (exact) mass is 464 g/mol. The van der Waals surface area contributed by atoms with Gasteiger partial charge in [-0.25, -0.2) is 5.01 Å². The van der Waals surface area contributed by atoms with Crippen LogP contribution in [0.2, 0.25) is 0 Å². The van der Waals surface area contributed by atoms with Crippen molar-refractivity contribution >= 4 is 28.9 Å². The first-order valence-corrected chi connectivity index (χ1v) is 11.7. The Kier molecular flexibility index (Phi) is 5.29. The van der Waals surface area contributed by atoms with Gasteiger partial charge in [0.15, 0.2) is 0 Å². The number of amides is 2. The summed E-state index contributed by atoms with van der Waals surface area (Å²) in [4.78, 5) is 31.2. The van der Waals surface area contributed by atoms with Gasteiger partial charge in [-0.05, 0) is 47.0 Å². The minimum Gasteiger partial charge on any atom is -0.489 e. The molecule has 4 aromatic rings. The molecule has 1 aromatic heterocycles. The molecule has 174 valence electrons. The number of nitrogens with zero attached hydrogens (tertiary/aromatic N) is 3. The molecule has 7 heteroatoms. The molecule has 3 heterocycles. The zero-order valence-electron chi connectivity index (χ0n) is 19.1. The molecule has 0 spiro atoms. The van der Waals surface area contributed by atoms with Crippen molar-refractivity contribution in [2.75, 3.05) is 6.54 Å². The number of rotatable bonds is 5. The summed E-state index contributed by atoms with van der Waals surface area (Å²) in [6.45, 7) is 0.857. The van der Waals surface area contributed by atoms with Crippen molar-refractivity contribution in [3.63, 3.8) is 0 Å². The molecule has 2 amide bonds. The highest BCUT2D eigenvalue weighted by molar-refractivity contribution is 5.97. The average molecular weight is 465 g/mol. The second kappa shape index (κ2) is 8.76. The Morgan fingerprint density at radius 3 is 2.54 bits per heavy atom. The Balaban J connectivity index is 1.15. The van der Waals surface area contributed by atoms with Gasteiger partial charge in [-0.2, -0.15) is 5.10 Å². The second-order valence-electron chi connectivity index (χ2n) is 8.85. The van der Waals surface area contributed by atoms with Gasteiger partial charge in [-0.1, -0.05) is 48.5 Å². The predicted molar refractivity (Wildman–Crippen MR) is 133 cm³/mol. The lowest BCUT2D eigenvalue weighted by Crippen LogP contribution is -2.60. The number of fused-ring (bicyclic) bond motifs is 4. The highest BCUT2D eigenvalue weighted by atomic mass is 16.5. The molecule has 0 bridgehead atoms. The first kappa shape index (κ1) is 21.2. The summed E-state index contributed by atoms with van der Waals surface area (Å²) in [7, 11) is 0. The lowest BCUT2D eigenvalue weighted by Gasteiger charge is -2.40. The van der Waals surface area contributed by atoms with Gasteiger partial charge in [-0.3, -0.25) is 9.59 Å². The fourth-order valence-corrected chi connectivity index (χ4v) is 4.78. The predicted octanol–water partition coefficient (Wildman–Crippen LogP) is 3.88. The highest BCUT2D eigenvalue weighted by Crippen LogP contribution is 2.32. The summed E-state index contributed by atoms with van der Waals surface area (Å²) >= 11 is 0. The summed E-state index contributed by atoms with van der Waals surface area (Å²) < 4.78 is 5.82. The number of hydrogen-bond acceptors (Lipinski definition) is 4. The van der Waals surface area contributed by atoms with E-state index in [4.69, 9.17) is 4.74 Å². The van der Waals surface area contributed by atoms with Gasteiger partial charge >= 0.3 is 0 Å². The molecule has 0 radical (unpaired) electrons. The van der Waals surface area contributed by atoms with E-state index in [2.05, 4.69) is 16.2 Å². The molecule has 0 saturated carbocycles. The van der Waals surface area contributed by atoms with Crippen LogP contribution < -0.4 is 4.74 Å². The Morgan fingerprint density at radius 1 is 0.943 bits per heavy atom. The van der Waals surface area contributed by atoms with E-state index in [-0.39, 0.29) is 18.4 Å². The minimum absolute atomic E-state index is 0.0559. The number of carbonyl (C=O) groups excluding carboxylic acids is 2. The van der Waals surface area contributed by atoms with E-state index in [9.17, 15) is 9.59 Å². The van der Waals surface area contributed by atoms with Crippen LogP contribution in [0.1, 0.15) is 22.4 Å². The largest absolute Gasteiger partial charge is 0.489 e. The number of carbonyl (C=O) groups is 2. The fraction of sp³-hybridized carbons (Fsp3) is 0.179. The molecular formula is C28H24N4O3. The summed E-state index contributed by atoms with van der Waals surface area (Å²) in [5.41, 5.74) is 5.07. The summed E-state index contributed by atoms with van der Waals surface area (Å²) in [5, 5.41) is 6.77. The van der Waals surface area contributed by atoms with Crippen molar-refractivity contribution in [1.82, 2.24) is 14.9 Å². The normalized spacial score (nSPS) is 17.7. The number of H-pyrrole nitrogens is 1. The molecular weight excluding hydrogens is 440 g/mol. The zero-order valence-corrected chi connectivity index (χ0v) is 19.1. The number of benzene rings is 3. The van der Waals surface area contributed by atoms with Crippen LogP contribution in [-0.2, 0) is 29.2 Å². The molecule has 1 atom stereocenters. The third-order valence-electron chi connectivity index (χ3n) is 6.62. The van der Waals surface area contributed by atoms with Crippen molar-refractivity contribution in [2.45, 2.75) is 25.6 Å². The van der Waals surface area contributed by atoms with Crippen molar-refractivity contribution in [3.05, 3.63) is 101 Å². The first-order valence-electron chi connectivity index (χ1n) is 11.7. The molecule has 1 fully saturated rings. The number of ether oxygens (including phenoxy) is 1. The van der Waals surface area contributed by atoms with Crippen LogP contribution >= 0.6 is 0 Å². The number of aromatic amines is 1. The zero-order chi connectivity index (χ0) is 23.8. The quantitative estimate of drug-likeness (QED) is 0.456. The van der Waals surface area contributed by atoms with Gasteiger partial charge in [0.25, 0.3) is 5.91 Å². The van der Waals surface area contributed by atoms with E-state index in [1.165, 1.54) is 5.01 Å². The van der Waals surface area contributed by atoms with Gasteiger partial charge in [0, 0.05) is 23.0 Å². The van der Waals surface area contributed by atoms with E-state index in [0.717, 1.165) is 39.0 Å². The molecule has 3 aromatic carbocycles. The smallest absolute Gasteiger partial charge is 0.266 e. The standard InChI is InChI=1S/C28H24N4O3/c33-27-17-32(29-15-19-10-12-21(13-11-19)35-18-20-6-2-1-3-7-20)28(34)26-14-23-22-8-4-5-9-24(22)30-25(23)16-31(26)27/h1-13,15,26,30H,14,16-18H2. The van der Waals surface area contributed by atoms with E-state index >= 15 is 0 Å². The van der Waals surface area contributed by atoms with E-state index < -0.39 is 6.04 Å².